The van der Waals surface area contributed by atoms with Gasteiger partial charge in [0.15, 0.2) is 5.65 Å². The smallest absolute Gasteiger partial charge is 0.292 e. The highest BCUT2D eigenvalue weighted by atomic mass is 19.4. The number of aromatic nitrogens is 3. The second-order valence-electron chi connectivity index (χ2n) is 5.08. The van der Waals surface area contributed by atoms with Gasteiger partial charge in [-0.2, -0.15) is 23.4 Å². The van der Waals surface area contributed by atoms with Gasteiger partial charge in [0.25, 0.3) is 0 Å². The van der Waals surface area contributed by atoms with E-state index in [2.05, 4.69) is 15.4 Å². The average molecular weight is 345 g/mol. The number of amides is 1. The third-order valence-electron chi connectivity index (χ3n) is 3.37. The Morgan fingerprint density at radius 3 is 2.72 bits per heavy atom. The molecule has 0 spiro atoms. The first-order chi connectivity index (χ1) is 11.9. The van der Waals surface area contributed by atoms with Gasteiger partial charge in [-0.05, 0) is 23.8 Å². The Bertz CT molecular complexity index is 987. The zero-order chi connectivity index (χ0) is 18.0. The summed E-state index contributed by atoms with van der Waals surface area (Å²) in [5.74, 6) is -0.595. The van der Waals surface area contributed by atoms with Crippen LogP contribution in [0.4, 0.5) is 19.1 Å². The van der Waals surface area contributed by atoms with Gasteiger partial charge in [-0.3, -0.25) is 10.1 Å². The summed E-state index contributed by atoms with van der Waals surface area (Å²) in [5, 5.41) is 14.8. The highest BCUT2D eigenvalue weighted by Crippen LogP contribution is 2.36. The SMILES string of the molecule is N#CCC(=O)Nc1nc2ccc(-c3ccccc3C(F)(F)F)cn2n1. The van der Waals surface area contributed by atoms with E-state index in [9.17, 15) is 18.0 Å². The van der Waals surface area contributed by atoms with Crippen molar-refractivity contribution in [3.05, 3.63) is 48.2 Å². The lowest BCUT2D eigenvalue weighted by Gasteiger charge is -2.12. The van der Waals surface area contributed by atoms with Gasteiger partial charge in [0.05, 0.1) is 11.6 Å². The van der Waals surface area contributed by atoms with Crippen molar-refractivity contribution in [2.24, 2.45) is 0 Å². The summed E-state index contributed by atoms with van der Waals surface area (Å²) in [6.07, 6.45) is -3.43. The normalized spacial score (nSPS) is 11.3. The number of pyridine rings is 1. The molecular weight excluding hydrogens is 335 g/mol. The lowest BCUT2D eigenvalue weighted by atomic mass is 10.0. The van der Waals surface area contributed by atoms with E-state index >= 15 is 0 Å². The topological polar surface area (TPSA) is 83.1 Å². The Morgan fingerprint density at radius 2 is 2.00 bits per heavy atom. The molecular formula is C16H10F3N5O. The van der Waals surface area contributed by atoms with Crippen LogP contribution in [0.15, 0.2) is 42.6 Å². The first-order valence-corrected chi connectivity index (χ1v) is 7.08. The number of carbonyl (C=O) groups is 1. The number of halogens is 3. The van der Waals surface area contributed by atoms with E-state index in [4.69, 9.17) is 5.26 Å². The van der Waals surface area contributed by atoms with Gasteiger partial charge < -0.3 is 0 Å². The highest BCUT2D eigenvalue weighted by molar-refractivity contribution is 5.90. The summed E-state index contributed by atoms with van der Waals surface area (Å²) in [4.78, 5) is 15.4. The molecule has 0 aliphatic carbocycles. The number of benzene rings is 1. The number of rotatable bonds is 3. The van der Waals surface area contributed by atoms with Crippen LogP contribution in [0.1, 0.15) is 12.0 Å². The molecule has 0 unspecified atom stereocenters. The maximum absolute atomic E-state index is 13.2. The Morgan fingerprint density at radius 1 is 1.24 bits per heavy atom. The van der Waals surface area contributed by atoms with Crippen LogP contribution in [-0.2, 0) is 11.0 Å². The summed E-state index contributed by atoms with van der Waals surface area (Å²) < 4.78 is 40.7. The molecule has 1 aromatic carbocycles. The number of fused-ring (bicyclic) bond motifs is 1. The predicted molar refractivity (Wildman–Crippen MR) is 82.3 cm³/mol. The fourth-order valence-corrected chi connectivity index (χ4v) is 2.32. The zero-order valence-electron chi connectivity index (χ0n) is 12.6. The third kappa shape index (κ3) is 3.42. The fraction of sp³-hybridized carbons (Fsp3) is 0.125. The summed E-state index contributed by atoms with van der Waals surface area (Å²) in [6.45, 7) is 0. The van der Waals surface area contributed by atoms with Crippen molar-refractivity contribution in [2.75, 3.05) is 5.32 Å². The standard InChI is InChI=1S/C16H10F3N5O/c17-16(18,19)12-4-2-1-3-11(12)10-5-6-13-21-15(23-24(13)9-10)22-14(25)7-8-20/h1-6,9H,7H2,(H,22,23,25). The number of nitrogens with zero attached hydrogens (tertiary/aromatic N) is 4. The molecule has 0 atom stereocenters. The molecule has 0 radical (unpaired) electrons. The van der Waals surface area contributed by atoms with Crippen LogP contribution in [0.25, 0.3) is 16.8 Å². The number of nitriles is 1. The Balaban J connectivity index is 2.00. The van der Waals surface area contributed by atoms with Crippen molar-refractivity contribution in [1.29, 1.82) is 5.26 Å². The molecule has 0 saturated heterocycles. The second-order valence-corrected chi connectivity index (χ2v) is 5.08. The van der Waals surface area contributed by atoms with Crippen molar-refractivity contribution in [3.8, 4) is 17.2 Å². The minimum absolute atomic E-state index is 0.0162. The molecule has 0 saturated carbocycles. The molecule has 3 rings (SSSR count). The maximum Gasteiger partial charge on any atom is 0.417 e. The van der Waals surface area contributed by atoms with E-state index in [-0.39, 0.29) is 17.9 Å². The predicted octanol–water partition coefficient (Wildman–Crippen LogP) is 3.27. The zero-order valence-corrected chi connectivity index (χ0v) is 12.6. The Kier molecular flexibility index (Phi) is 4.10. The lowest BCUT2D eigenvalue weighted by Crippen LogP contribution is -2.11. The molecule has 0 fully saturated rings. The number of hydrogen-bond acceptors (Lipinski definition) is 4. The molecule has 1 N–H and O–H groups in total. The van der Waals surface area contributed by atoms with E-state index in [1.54, 1.807) is 6.07 Å². The summed E-state index contributed by atoms with van der Waals surface area (Å²) >= 11 is 0. The van der Waals surface area contributed by atoms with Crippen LogP contribution < -0.4 is 5.32 Å². The number of anilines is 1. The van der Waals surface area contributed by atoms with Crippen LogP contribution in [0.3, 0.4) is 0 Å². The quantitative estimate of drug-likeness (QED) is 0.790. The van der Waals surface area contributed by atoms with Crippen LogP contribution >= 0.6 is 0 Å². The van der Waals surface area contributed by atoms with Crippen LogP contribution in [0.2, 0.25) is 0 Å². The van der Waals surface area contributed by atoms with Crippen molar-refractivity contribution >= 4 is 17.5 Å². The molecule has 9 heteroatoms. The van der Waals surface area contributed by atoms with Gasteiger partial charge in [-0.15, -0.1) is 5.10 Å². The van der Waals surface area contributed by atoms with E-state index in [1.807, 2.05) is 0 Å². The number of nitrogens with one attached hydrogen (secondary N) is 1. The van der Waals surface area contributed by atoms with Gasteiger partial charge in [0.2, 0.25) is 11.9 Å². The van der Waals surface area contributed by atoms with Crippen LogP contribution in [0.5, 0.6) is 0 Å². The summed E-state index contributed by atoms with van der Waals surface area (Å²) in [7, 11) is 0. The maximum atomic E-state index is 13.2. The molecule has 0 aliphatic heterocycles. The molecule has 126 valence electrons. The molecule has 6 nitrogen and oxygen atoms in total. The number of hydrogen-bond donors (Lipinski definition) is 1. The van der Waals surface area contributed by atoms with Gasteiger partial charge in [-0.25, -0.2) is 4.52 Å². The number of alkyl halides is 3. The number of carbonyl (C=O) groups excluding carboxylic acids is 1. The first-order valence-electron chi connectivity index (χ1n) is 7.08. The highest BCUT2D eigenvalue weighted by Gasteiger charge is 2.33. The first kappa shape index (κ1) is 16.4. The molecule has 0 aliphatic rings. The fourth-order valence-electron chi connectivity index (χ4n) is 2.32. The van der Waals surface area contributed by atoms with E-state index < -0.39 is 17.6 Å². The lowest BCUT2D eigenvalue weighted by molar-refractivity contribution is -0.137. The van der Waals surface area contributed by atoms with Gasteiger partial charge in [0.1, 0.15) is 6.42 Å². The minimum atomic E-state index is -4.48. The molecule has 25 heavy (non-hydrogen) atoms. The van der Waals surface area contributed by atoms with E-state index in [1.165, 1.54) is 41.0 Å². The second kappa shape index (κ2) is 6.24. The van der Waals surface area contributed by atoms with Gasteiger partial charge in [0, 0.05) is 11.8 Å². The van der Waals surface area contributed by atoms with Gasteiger partial charge >= 0.3 is 6.18 Å². The van der Waals surface area contributed by atoms with Crippen LogP contribution in [-0.4, -0.2) is 20.5 Å². The minimum Gasteiger partial charge on any atom is -0.292 e. The Hall–Kier alpha value is -3.41. The molecule has 2 heterocycles. The van der Waals surface area contributed by atoms with Crippen LogP contribution in [0, 0.1) is 11.3 Å². The van der Waals surface area contributed by atoms with Crippen molar-refractivity contribution < 1.29 is 18.0 Å². The molecule has 3 aromatic rings. The van der Waals surface area contributed by atoms with Crippen molar-refractivity contribution in [3.63, 3.8) is 0 Å². The van der Waals surface area contributed by atoms with Crippen molar-refractivity contribution in [1.82, 2.24) is 14.6 Å². The molecule has 1 amide bonds. The van der Waals surface area contributed by atoms with E-state index in [0.717, 1.165) is 6.07 Å². The molecule has 0 bridgehead atoms. The largest absolute Gasteiger partial charge is 0.417 e. The Labute approximate surface area is 139 Å². The monoisotopic (exact) mass is 345 g/mol. The van der Waals surface area contributed by atoms with Gasteiger partial charge in [-0.1, -0.05) is 18.2 Å². The third-order valence-corrected chi connectivity index (χ3v) is 3.37. The summed E-state index contributed by atoms with van der Waals surface area (Å²) in [5.41, 5.74) is -0.0831. The van der Waals surface area contributed by atoms with E-state index in [0.29, 0.717) is 11.2 Å². The molecule has 2 aromatic heterocycles. The van der Waals surface area contributed by atoms with Crippen molar-refractivity contribution in [2.45, 2.75) is 12.6 Å². The summed E-state index contributed by atoms with van der Waals surface area (Å²) in [6, 6.07) is 9.90. The average Bonchev–Trinajstić information content (AvgIpc) is 2.95.